The molecule has 0 bridgehead atoms. The van der Waals surface area contributed by atoms with Crippen LogP contribution in [0, 0.1) is 6.92 Å². The smallest absolute Gasteiger partial charge is 0.335 e. The number of nitrogens with one attached hydrogen (secondary N) is 1. The number of rotatable bonds is 9. The second kappa shape index (κ2) is 13.1. The molecule has 4 unspecified atom stereocenters. The highest BCUT2D eigenvalue weighted by atomic mass is 16.7. The van der Waals surface area contributed by atoms with Crippen molar-refractivity contribution in [3.05, 3.63) is 35.7 Å². The average Bonchev–Trinajstić information content (AvgIpc) is 2.97. The topological polar surface area (TPSA) is 245 Å². The fourth-order valence-corrected chi connectivity index (χ4v) is 4.42. The van der Waals surface area contributed by atoms with Crippen LogP contribution in [-0.2, 0) is 39.8 Å². The number of hydrogen-bond donors (Lipinski definition) is 6. The Balaban J connectivity index is 1.48. The quantitative estimate of drug-likeness (QED) is 0.171. The van der Waals surface area contributed by atoms with E-state index in [0.29, 0.717) is 22.8 Å². The highest BCUT2D eigenvalue weighted by Gasteiger charge is 2.54. The number of aryl methyl sites for hydroxylation is 1. The first-order chi connectivity index (χ1) is 19.5. The van der Waals surface area contributed by atoms with Crippen molar-refractivity contribution in [2.24, 2.45) is 0 Å². The molecule has 2 aromatic rings. The number of benzene rings is 1. The molecule has 10 atom stereocenters. The fraction of sp³-hybridized carbons (Fsp3) is 0.583. The summed E-state index contributed by atoms with van der Waals surface area (Å²) in [7, 11) is 2.31. The van der Waals surface area contributed by atoms with Crippen molar-refractivity contribution in [1.29, 1.82) is 0 Å². The molecule has 2 aliphatic rings. The minimum absolute atomic E-state index is 0.00508. The van der Waals surface area contributed by atoms with Gasteiger partial charge in [0.05, 0.1) is 0 Å². The number of carboxylic acids is 1. The van der Waals surface area contributed by atoms with Crippen LogP contribution < -0.4 is 5.32 Å². The number of carbonyl (C=O) groups excluding carboxylic acids is 1. The SMILES string of the molecule is CO[C@@H]1OC(C(=O)NCc2ccc(-c3nnc(C)nn3)cc2)[C@@H](O[C@@H]2O[C@@H](C(=O)O)[C@@H](OC)C(O)C2O)[C@H](O)C1O. The number of carbonyl (C=O) groups is 2. The van der Waals surface area contributed by atoms with Crippen molar-refractivity contribution >= 4 is 11.9 Å². The monoisotopic (exact) mass is 581 g/mol. The summed E-state index contributed by atoms with van der Waals surface area (Å²) in [4.78, 5) is 24.9. The number of hydrogen-bond acceptors (Lipinski definition) is 15. The van der Waals surface area contributed by atoms with E-state index in [1.165, 1.54) is 7.11 Å². The van der Waals surface area contributed by atoms with Crippen LogP contribution in [0.4, 0.5) is 0 Å². The van der Waals surface area contributed by atoms with Crippen LogP contribution in [0.2, 0.25) is 0 Å². The maximum Gasteiger partial charge on any atom is 0.335 e. The minimum Gasteiger partial charge on any atom is -0.479 e. The third-order valence-electron chi connectivity index (χ3n) is 6.64. The van der Waals surface area contributed by atoms with E-state index in [1.807, 2.05) is 0 Å². The number of nitrogens with zero attached hydrogens (tertiary/aromatic N) is 4. The van der Waals surface area contributed by atoms with E-state index < -0.39 is 73.3 Å². The maximum atomic E-state index is 13.2. The zero-order valence-corrected chi connectivity index (χ0v) is 22.2. The minimum atomic E-state index is -1.84. The maximum absolute atomic E-state index is 13.2. The van der Waals surface area contributed by atoms with Crippen LogP contribution in [0.1, 0.15) is 11.4 Å². The van der Waals surface area contributed by atoms with E-state index in [2.05, 4.69) is 25.7 Å². The second-order valence-corrected chi connectivity index (χ2v) is 9.37. The Bertz CT molecular complexity index is 1190. The summed E-state index contributed by atoms with van der Waals surface area (Å²) in [5.41, 5.74) is 1.31. The predicted octanol–water partition coefficient (Wildman–Crippen LogP) is -3.12. The summed E-state index contributed by atoms with van der Waals surface area (Å²) in [5.74, 6) is -1.56. The summed E-state index contributed by atoms with van der Waals surface area (Å²) < 4.78 is 26.4. The van der Waals surface area contributed by atoms with Gasteiger partial charge in [0, 0.05) is 26.3 Å². The van der Waals surface area contributed by atoms with E-state index in [0.717, 1.165) is 7.11 Å². The van der Waals surface area contributed by atoms with Crippen LogP contribution >= 0.6 is 0 Å². The number of aliphatic hydroxyl groups is 4. The van der Waals surface area contributed by atoms with Gasteiger partial charge >= 0.3 is 5.97 Å². The Kier molecular flexibility index (Phi) is 9.84. The first-order valence-corrected chi connectivity index (χ1v) is 12.4. The van der Waals surface area contributed by atoms with Gasteiger partial charge in [-0.05, 0) is 12.5 Å². The first kappa shape index (κ1) is 30.7. The second-order valence-electron chi connectivity index (χ2n) is 9.37. The number of methoxy groups -OCH3 is 2. The fourth-order valence-electron chi connectivity index (χ4n) is 4.42. The third kappa shape index (κ3) is 6.64. The number of carboxylic acid groups (broad SMARTS) is 1. The number of aliphatic hydroxyl groups excluding tert-OH is 4. The van der Waals surface area contributed by atoms with Gasteiger partial charge in [0.15, 0.2) is 30.6 Å². The van der Waals surface area contributed by atoms with Crippen molar-refractivity contribution in [2.75, 3.05) is 14.2 Å². The number of amides is 1. The molecule has 3 heterocycles. The number of ether oxygens (including phenoxy) is 5. The number of aliphatic carboxylic acids is 1. The average molecular weight is 582 g/mol. The molecule has 0 saturated carbocycles. The molecule has 2 saturated heterocycles. The molecule has 6 N–H and O–H groups in total. The van der Waals surface area contributed by atoms with Crippen LogP contribution in [0.15, 0.2) is 24.3 Å². The van der Waals surface area contributed by atoms with Crippen LogP contribution in [-0.4, -0.2) is 133 Å². The van der Waals surface area contributed by atoms with Crippen molar-refractivity contribution < 1.29 is 58.8 Å². The highest BCUT2D eigenvalue weighted by molar-refractivity contribution is 5.81. The highest BCUT2D eigenvalue weighted by Crippen LogP contribution is 2.30. The summed E-state index contributed by atoms with van der Waals surface area (Å²) in [6.45, 7) is 1.66. The molecule has 41 heavy (non-hydrogen) atoms. The van der Waals surface area contributed by atoms with Crippen LogP contribution in [0.25, 0.3) is 11.4 Å². The van der Waals surface area contributed by atoms with Crippen LogP contribution in [0.3, 0.4) is 0 Å². The Morgan fingerprint density at radius 1 is 0.829 bits per heavy atom. The Labute approximate surface area is 233 Å². The lowest BCUT2D eigenvalue weighted by molar-refractivity contribution is -0.348. The lowest BCUT2D eigenvalue weighted by Gasteiger charge is -2.45. The largest absolute Gasteiger partial charge is 0.479 e. The van der Waals surface area contributed by atoms with Crippen molar-refractivity contribution in [3.63, 3.8) is 0 Å². The molecule has 2 fully saturated rings. The van der Waals surface area contributed by atoms with E-state index in [1.54, 1.807) is 31.2 Å². The molecule has 4 rings (SSSR count). The standard InChI is InChI=1S/C24H31N5O12/c1-9-26-28-20(29-27-9)11-6-4-10(5-7-11)8-25-21(34)18-17(13(31)14(32)23(38-3)40-18)39-24-15(33)12(30)16(37-2)19(41-24)22(35)36/h4-7,12-19,23-24,30-33H,8H2,1-3H3,(H,25,34)(H,35,36)/t12?,13-,14?,15?,16+,17+,18?,19-,23-,24-/m1/s1. The third-order valence-corrected chi connectivity index (χ3v) is 6.64. The Hall–Kier alpha value is -3.26. The van der Waals surface area contributed by atoms with E-state index >= 15 is 0 Å². The molecule has 0 spiro atoms. The lowest BCUT2D eigenvalue weighted by atomic mass is 9.96. The molecule has 17 heteroatoms. The molecule has 0 radical (unpaired) electrons. The molecular formula is C24H31N5O12. The van der Waals surface area contributed by atoms with Gasteiger partial charge in [0.25, 0.3) is 5.91 Å². The van der Waals surface area contributed by atoms with Gasteiger partial charge < -0.3 is 54.5 Å². The zero-order valence-electron chi connectivity index (χ0n) is 22.2. The van der Waals surface area contributed by atoms with Gasteiger partial charge in [-0.2, -0.15) is 0 Å². The number of aromatic nitrogens is 4. The molecule has 0 aliphatic carbocycles. The molecule has 1 aromatic heterocycles. The van der Waals surface area contributed by atoms with Gasteiger partial charge in [0.1, 0.15) is 36.6 Å². The zero-order chi connectivity index (χ0) is 29.8. The lowest BCUT2D eigenvalue weighted by Crippen LogP contribution is -2.66. The van der Waals surface area contributed by atoms with Crippen molar-refractivity contribution in [1.82, 2.24) is 25.7 Å². The molecule has 224 valence electrons. The predicted molar refractivity (Wildman–Crippen MR) is 131 cm³/mol. The summed E-state index contributed by atoms with van der Waals surface area (Å²) in [5, 5.41) is 69.9. The van der Waals surface area contributed by atoms with Gasteiger partial charge in [-0.25, -0.2) is 4.79 Å². The summed E-state index contributed by atoms with van der Waals surface area (Å²) in [6, 6.07) is 6.83. The van der Waals surface area contributed by atoms with Crippen molar-refractivity contribution in [3.8, 4) is 11.4 Å². The molecular weight excluding hydrogens is 550 g/mol. The molecule has 2 aliphatic heterocycles. The summed E-state index contributed by atoms with van der Waals surface area (Å²) >= 11 is 0. The molecule has 1 amide bonds. The van der Waals surface area contributed by atoms with E-state index in [9.17, 15) is 35.1 Å². The normalized spacial score (nSPS) is 33.7. The van der Waals surface area contributed by atoms with Gasteiger partial charge in [0.2, 0.25) is 5.82 Å². The molecule has 1 aromatic carbocycles. The van der Waals surface area contributed by atoms with Crippen molar-refractivity contribution in [2.45, 2.75) is 74.9 Å². The summed E-state index contributed by atoms with van der Waals surface area (Å²) in [6.07, 6.45) is -16.9. The molecule has 17 nitrogen and oxygen atoms in total. The van der Waals surface area contributed by atoms with Crippen LogP contribution in [0.5, 0.6) is 0 Å². The van der Waals surface area contributed by atoms with Gasteiger partial charge in [-0.3, -0.25) is 4.79 Å². The Morgan fingerprint density at radius 2 is 1.41 bits per heavy atom. The van der Waals surface area contributed by atoms with E-state index in [-0.39, 0.29) is 6.54 Å². The first-order valence-electron chi connectivity index (χ1n) is 12.4. The van der Waals surface area contributed by atoms with Gasteiger partial charge in [-0.15, -0.1) is 20.4 Å². The van der Waals surface area contributed by atoms with Gasteiger partial charge in [-0.1, -0.05) is 24.3 Å². The van der Waals surface area contributed by atoms with E-state index in [4.69, 9.17) is 23.7 Å². The Morgan fingerprint density at radius 3 is 2.00 bits per heavy atom.